The van der Waals surface area contributed by atoms with Gasteiger partial charge in [-0.3, -0.25) is 0 Å². The number of rotatable bonds is 8. The number of hydrogen-bond donors (Lipinski definition) is 2. The van der Waals surface area contributed by atoms with Gasteiger partial charge in [0.15, 0.2) is 0 Å². The van der Waals surface area contributed by atoms with Gasteiger partial charge in [-0.05, 0) is 27.1 Å². The van der Waals surface area contributed by atoms with Gasteiger partial charge < -0.3 is 15.0 Å². The first-order valence-electron chi connectivity index (χ1n) is 6.61. The largest absolute Gasteiger partial charge is 0.374 e. The Labute approximate surface area is 116 Å². The van der Waals surface area contributed by atoms with E-state index in [-0.39, 0.29) is 6.10 Å². The van der Waals surface area contributed by atoms with Crippen LogP contribution in [0.1, 0.15) is 6.42 Å². The van der Waals surface area contributed by atoms with E-state index in [1.54, 1.807) is 7.05 Å². The van der Waals surface area contributed by atoms with E-state index in [4.69, 9.17) is 4.74 Å². The Morgan fingerprint density at radius 2 is 2.21 bits per heavy atom. The normalized spacial score (nSPS) is 22.0. The molecule has 1 fully saturated rings. The molecule has 0 radical (unpaired) electrons. The molecular formula is C11H26N4O3S. The van der Waals surface area contributed by atoms with E-state index in [2.05, 4.69) is 14.9 Å². The summed E-state index contributed by atoms with van der Waals surface area (Å²) in [6, 6.07) is 0. The number of nitrogens with one attached hydrogen (secondary N) is 2. The van der Waals surface area contributed by atoms with Crippen LogP contribution in [0, 0.1) is 0 Å². The number of hydrogen-bond acceptors (Lipinski definition) is 5. The van der Waals surface area contributed by atoms with Crippen LogP contribution in [-0.2, 0) is 14.9 Å². The first-order chi connectivity index (χ1) is 8.95. The van der Waals surface area contributed by atoms with E-state index in [0.717, 1.165) is 26.1 Å². The predicted molar refractivity (Wildman–Crippen MR) is 75.3 cm³/mol. The smallest absolute Gasteiger partial charge is 0.279 e. The molecule has 1 rings (SSSR count). The maximum Gasteiger partial charge on any atom is 0.279 e. The summed E-state index contributed by atoms with van der Waals surface area (Å²) in [5.74, 6) is 0. The monoisotopic (exact) mass is 294 g/mol. The van der Waals surface area contributed by atoms with Crippen LogP contribution in [-0.4, -0.2) is 84.2 Å². The van der Waals surface area contributed by atoms with Crippen LogP contribution in [0.25, 0.3) is 0 Å². The van der Waals surface area contributed by atoms with Gasteiger partial charge in [0.1, 0.15) is 0 Å². The maximum absolute atomic E-state index is 12.0. The van der Waals surface area contributed by atoms with E-state index in [0.29, 0.717) is 19.7 Å². The summed E-state index contributed by atoms with van der Waals surface area (Å²) >= 11 is 0. The Hall–Kier alpha value is -0.250. The third-order valence-corrected chi connectivity index (χ3v) is 4.68. The highest BCUT2D eigenvalue weighted by molar-refractivity contribution is 7.87. The first kappa shape index (κ1) is 16.8. The SMILES string of the molecule is CNCCCN(C)S(=O)(=O)NCC1CN(C)CCO1. The van der Waals surface area contributed by atoms with Gasteiger partial charge in [0.2, 0.25) is 0 Å². The summed E-state index contributed by atoms with van der Waals surface area (Å²) in [6.45, 7) is 3.93. The molecule has 0 bridgehead atoms. The van der Waals surface area contributed by atoms with Crippen molar-refractivity contribution in [3.63, 3.8) is 0 Å². The highest BCUT2D eigenvalue weighted by Crippen LogP contribution is 2.03. The molecule has 0 spiro atoms. The Balaban J connectivity index is 2.32. The summed E-state index contributed by atoms with van der Waals surface area (Å²) in [5, 5.41) is 3.00. The fourth-order valence-electron chi connectivity index (χ4n) is 1.90. The second-order valence-corrected chi connectivity index (χ2v) is 6.75. The molecule has 0 aromatic rings. The molecule has 114 valence electrons. The van der Waals surface area contributed by atoms with Crippen LogP contribution in [0.3, 0.4) is 0 Å². The molecule has 2 N–H and O–H groups in total. The quantitative estimate of drug-likeness (QED) is 0.544. The average molecular weight is 294 g/mol. The molecule has 1 saturated heterocycles. The van der Waals surface area contributed by atoms with Crippen LogP contribution in [0.15, 0.2) is 0 Å². The molecule has 0 amide bonds. The van der Waals surface area contributed by atoms with Crippen molar-refractivity contribution in [1.82, 2.24) is 19.2 Å². The number of ether oxygens (including phenoxy) is 1. The Bertz CT molecular complexity index is 350. The van der Waals surface area contributed by atoms with E-state index in [1.165, 1.54) is 4.31 Å². The lowest BCUT2D eigenvalue weighted by atomic mass is 10.3. The molecule has 7 nitrogen and oxygen atoms in total. The Morgan fingerprint density at radius 1 is 1.47 bits per heavy atom. The second-order valence-electron chi connectivity index (χ2n) is 4.89. The van der Waals surface area contributed by atoms with Gasteiger partial charge in [0.25, 0.3) is 10.2 Å². The fourth-order valence-corrected chi connectivity index (χ4v) is 2.88. The molecule has 1 unspecified atom stereocenters. The van der Waals surface area contributed by atoms with Crippen molar-refractivity contribution >= 4 is 10.2 Å². The van der Waals surface area contributed by atoms with Gasteiger partial charge in [-0.15, -0.1) is 0 Å². The van der Waals surface area contributed by atoms with Crippen molar-refractivity contribution in [1.29, 1.82) is 0 Å². The molecule has 1 aliphatic rings. The number of likely N-dealkylation sites (N-methyl/N-ethyl adjacent to an activating group) is 1. The summed E-state index contributed by atoms with van der Waals surface area (Å²) < 4.78 is 33.4. The molecule has 0 aromatic heterocycles. The topological polar surface area (TPSA) is 73.9 Å². The molecule has 1 atom stereocenters. The zero-order chi connectivity index (χ0) is 14.3. The summed E-state index contributed by atoms with van der Waals surface area (Å²) in [6.07, 6.45) is 0.718. The molecule has 1 heterocycles. The van der Waals surface area contributed by atoms with Crippen LogP contribution in [0.2, 0.25) is 0 Å². The molecule has 19 heavy (non-hydrogen) atoms. The summed E-state index contributed by atoms with van der Waals surface area (Å²) in [5.41, 5.74) is 0. The summed E-state index contributed by atoms with van der Waals surface area (Å²) in [7, 11) is 2.05. The van der Waals surface area contributed by atoms with Crippen molar-refractivity contribution < 1.29 is 13.2 Å². The molecule has 8 heteroatoms. The van der Waals surface area contributed by atoms with Crippen molar-refractivity contribution in [3.05, 3.63) is 0 Å². The molecular weight excluding hydrogens is 268 g/mol. The zero-order valence-corrected chi connectivity index (χ0v) is 12.9. The fraction of sp³-hybridized carbons (Fsp3) is 1.00. The van der Waals surface area contributed by atoms with Gasteiger partial charge in [0, 0.05) is 33.2 Å². The van der Waals surface area contributed by atoms with E-state index in [1.807, 2.05) is 14.1 Å². The highest BCUT2D eigenvalue weighted by Gasteiger charge is 2.22. The minimum atomic E-state index is -3.40. The van der Waals surface area contributed by atoms with Crippen LogP contribution >= 0.6 is 0 Å². The first-order valence-corrected chi connectivity index (χ1v) is 8.05. The molecule has 0 saturated carbocycles. The van der Waals surface area contributed by atoms with Gasteiger partial charge in [0.05, 0.1) is 12.7 Å². The molecule has 1 aliphatic heterocycles. The van der Waals surface area contributed by atoms with Gasteiger partial charge in [-0.2, -0.15) is 17.4 Å². The minimum absolute atomic E-state index is 0.0702. The third-order valence-electron chi connectivity index (χ3n) is 3.15. The standard InChI is InChI=1S/C11H26N4O3S/c1-12-5-4-6-15(3)19(16,17)13-9-11-10-14(2)7-8-18-11/h11-13H,4-10H2,1-3H3. The lowest BCUT2D eigenvalue weighted by Gasteiger charge is -2.30. The molecule has 0 aliphatic carbocycles. The maximum atomic E-state index is 12.0. The summed E-state index contributed by atoms with van der Waals surface area (Å²) in [4.78, 5) is 2.14. The average Bonchev–Trinajstić information content (AvgIpc) is 2.37. The van der Waals surface area contributed by atoms with Gasteiger partial charge in [-0.1, -0.05) is 0 Å². The third kappa shape index (κ3) is 6.15. The van der Waals surface area contributed by atoms with Crippen LogP contribution < -0.4 is 10.0 Å². The lowest BCUT2D eigenvalue weighted by Crippen LogP contribution is -2.48. The predicted octanol–water partition coefficient (Wildman–Crippen LogP) is -1.31. The van der Waals surface area contributed by atoms with E-state index >= 15 is 0 Å². The number of morpholine rings is 1. The minimum Gasteiger partial charge on any atom is -0.374 e. The number of nitrogens with zero attached hydrogens (tertiary/aromatic N) is 2. The molecule has 0 aromatic carbocycles. The van der Waals surface area contributed by atoms with Gasteiger partial charge >= 0.3 is 0 Å². The van der Waals surface area contributed by atoms with Crippen molar-refractivity contribution in [3.8, 4) is 0 Å². The van der Waals surface area contributed by atoms with E-state index in [9.17, 15) is 8.42 Å². The zero-order valence-electron chi connectivity index (χ0n) is 12.1. The Morgan fingerprint density at radius 3 is 2.84 bits per heavy atom. The van der Waals surface area contributed by atoms with Crippen molar-refractivity contribution in [2.45, 2.75) is 12.5 Å². The highest BCUT2D eigenvalue weighted by atomic mass is 32.2. The van der Waals surface area contributed by atoms with Crippen LogP contribution in [0.4, 0.5) is 0 Å². The van der Waals surface area contributed by atoms with Crippen molar-refractivity contribution in [2.75, 3.05) is 60.5 Å². The van der Waals surface area contributed by atoms with Crippen LogP contribution in [0.5, 0.6) is 0 Å². The van der Waals surface area contributed by atoms with E-state index < -0.39 is 10.2 Å². The Kier molecular flexibility index (Phi) is 7.19. The van der Waals surface area contributed by atoms with Crippen molar-refractivity contribution in [2.24, 2.45) is 0 Å². The lowest BCUT2D eigenvalue weighted by molar-refractivity contribution is -0.0157. The second kappa shape index (κ2) is 8.13. The van der Waals surface area contributed by atoms with Gasteiger partial charge in [-0.25, -0.2) is 0 Å².